The molecule has 4 heterocycles. The van der Waals surface area contributed by atoms with E-state index >= 15 is 0 Å². The molecule has 1 aliphatic heterocycles. The zero-order valence-electron chi connectivity index (χ0n) is 21.0. The number of carbonyl (C=O) groups is 1. The predicted octanol–water partition coefficient (Wildman–Crippen LogP) is 5.45. The first-order chi connectivity index (χ1) is 18.5. The smallest absolute Gasteiger partial charge is 0.411 e. The van der Waals surface area contributed by atoms with Gasteiger partial charge in [0, 0.05) is 23.1 Å². The number of anilines is 1. The van der Waals surface area contributed by atoms with Crippen LogP contribution in [0.15, 0.2) is 59.3 Å². The number of carbonyl (C=O) groups excluding carboxylic acids is 1. The summed E-state index contributed by atoms with van der Waals surface area (Å²) in [6.45, 7) is 4.08. The minimum absolute atomic E-state index is 0.0292. The Hall–Kier alpha value is -4.86. The van der Waals surface area contributed by atoms with Gasteiger partial charge in [-0.15, -0.1) is 0 Å². The lowest BCUT2D eigenvalue weighted by Gasteiger charge is -2.26. The summed E-state index contributed by atoms with van der Waals surface area (Å²) in [6, 6.07) is 12.9. The maximum absolute atomic E-state index is 12.2. The molecule has 10 nitrogen and oxygen atoms in total. The Morgan fingerprint density at radius 1 is 1.13 bits per heavy atom. The molecule has 38 heavy (non-hydrogen) atoms. The van der Waals surface area contributed by atoms with E-state index in [0.29, 0.717) is 45.4 Å². The normalized spacial score (nSPS) is 14.4. The molecule has 1 amide bonds. The molecule has 6 rings (SSSR count). The molecule has 1 N–H and O–H groups in total. The van der Waals surface area contributed by atoms with Crippen LogP contribution in [0, 0.1) is 13.8 Å². The molecule has 0 saturated carbocycles. The van der Waals surface area contributed by atoms with Crippen molar-refractivity contribution < 1.29 is 28.2 Å². The van der Waals surface area contributed by atoms with Gasteiger partial charge in [-0.3, -0.25) is 10.3 Å². The standard InChI is InChI=1S/C28H24N4O6/c1-15-8-19(26-21(9-15)32-25(34-3)12-30-26)24-11-20-22(38-24)4-5-23-27(20)35-13-18(37-23)14-36-28(33)31-17-6-7-29-16(2)10-17/h4-12,18H,13-14H2,1-3H3,(H,29,31,33)/t18-/m1/s1. The maximum Gasteiger partial charge on any atom is 0.411 e. The van der Waals surface area contributed by atoms with Crippen LogP contribution in [0.25, 0.3) is 33.3 Å². The zero-order chi connectivity index (χ0) is 26.2. The Bertz CT molecular complexity index is 1680. The average molecular weight is 513 g/mol. The Labute approximate surface area is 217 Å². The third kappa shape index (κ3) is 4.52. The number of fused-ring (bicyclic) bond motifs is 4. The largest absolute Gasteiger partial charge is 0.485 e. The molecule has 5 aromatic rings. The second-order valence-corrected chi connectivity index (χ2v) is 8.97. The van der Waals surface area contributed by atoms with Crippen molar-refractivity contribution in [1.29, 1.82) is 0 Å². The third-order valence-corrected chi connectivity index (χ3v) is 6.11. The van der Waals surface area contributed by atoms with Crippen molar-refractivity contribution in [2.75, 3.05) is 25.6 Å². The first kappa shape index (κ1) is 23.5. The quantitative estimate of drug-likeness (QED) is 0.328. The number of amides is 1. The van der Waals surface area contributed by atoms with Crippen molar-refractivity contribution in [2.24, 2.45) is 0 Å². The van der Waals surface area contributed by atoms with Crippen molar-refractivity contribution in [3.05, 3.63) is 66.1 Å². The second-order valence-electron chi connectivity index (χ2n) is 8.97. The molecular formula is C28H24N4O6. The van der Waals surface area contributed by atoms with Crippen LogP contribution in [0.1, 0.15) is 11.3 Å². The number of nitrogens with zero attached hydrogens (tertiary/aromatic N) is 3. The summed E-state index contributed by atoms with van der Waals surface area (Å²) in [4.78, 5) is 25.4. The number of furan rings is 1. The number of aromatic nitrogens is 3. The van der Waals surface area contributed by atoms with Crippen molar-refractivity contribution >= 4 is 33.8 Å². The second kappa shape index (κ2) is 9.55. The summed E-state index contributed by atoms with van der Waals surface area (Å²) in [5.74, 6) is 2.21. The fourth-order valence-electron chi connectivity index (χ4n) is 4.39. The Kier molecular flexibility index (Phi) is 5.91. The minimum Gasteiger partial charge on any atom is -0.485 e. The Morgan fingerprint density at radius 2 is 2.03 bits per heavy atom. The highest BCUT2D eigenvalue weighted by Gasteiger charge is 2.26. The molecule has 0 aliphatic carbocycles. The third-order valence-electron chi connectivity index (χ3n) is 6.11. The summed E-state index contributed by atoms with van der Waals surface area (Å²) < 4.78 is 28.9. The van der Waals surface area contributed by atoms with E-state index in [9.17, 15) is 4.79 Å². The Morgan fingerprint density at radius 3 is 2.87 bits per heavy atom. The molecule has 0 radical (unpaired) electrons. The number of hydrogen-bond acceptors (Lipinski definition) is 9. The van der Waals surface area contributed by atoms with E-state index in [1.807, 2.05) is 38.1 Å². The van der Waals surface area contributed by atoms with Gasteiger partial charge in [0.1, 0.15) is 24.6 Å². The summed E-state index contributed by atoms with van der Waals surface area (Å²) in [7, 11) is 1.56. The number of ether oxygens (including phenoxy) is 4. The highest BCUT2D eigenvalue weighted by molar-refractivity contribution is 5.96. The predicted molar refractivity (Wildman–Crippen MR) is 140 cm³/mol. The summed E-state index contributed by atoms with van der Waals surface area (Å²) in [5.41, 5.74) is 5.31. The van der Waals surface area contributed by atoms with Crippen LogP contribution in [0.4, 0.5) is 10.5 Å². The van der Waals surface area contributed by atoms with Crippen LogP contribution in [0.5, 0.6) is 17.4 Å². The number of rotatable bonds is 5. The molecule has 3 aromatic heterocycles. The van der Waals surface area contributed by atoms with E-state index in [-0.39, 0.29) is 13.2 Å². The lowest BCUT2D eigenvalue weighted by molar-refractivity contribution is 0.0382. The summed E-state index contributed by atoms with van der Waals surface area (Å²) in [5, 5.41) is 3.46. The minimum atomic E-state index is -0.578. The van der Waals surface area contributed by atoms with Gasteiger partial charge in [0.05, 0.1) is 29.7 Å². The number of hydrogen-bond donors (Lipinski definition) is 1. The molecule has 1 atom stereocenters. The van der Waals surface area contributed by atoms with Crippen LogP contribution >= 0.6 is 0 Å². The molecular weight excluding hydrogens is 488 g/mol. The number of aryl methyl sites for hydroxylation is 2. The van der Waals surface area contributed by atoms with Crippen LogP contribution in [-0.2, 0) is 4.74 Å². The van der Waals surface area contributed by atoms with Crippen LogP contribution < -0.4 is 19.5 Å². The number of nitrogens with one attached hydrogen (secondary N) is 1. The average Bonchev–Trinajstić information content (AvgIpc) is 3.35. The monoisotopic (exact) mass is 512 g/mol. The summed E-state index contributed by atoms with van der Waals surface area (Å²) >= 11 is 0. The number of benzene rings is 2. The van der Waals surface area contributed by atoms with E-state index < -0.39 is 12.2 Å². The van der Waals surface area contributed by atoms with Crippen molar-refractivity contribution in [3.63, 3.8) is 0 Å². The number of methoxy groups -OCH3 is 1. The van der Waals surface area contributed by atoms with Gasteiger partial charge in [-0.2, -0.15) is 0 Å². The fourth-order valence-corrected chi connectivity index (χ4v) is 4.39. The molecule has 2 aromatic carbocycles. The van der Waals surface area contributed by atoms with Crippen LogP contribution in [-0.4, -0.2) is 47.5 Å². The van der Waals surface area contributed by atoms with E-state index in [1.54, 1.807) is 37.7 Å². The molecule has 0 spiro atoms. The molecule has 10 heteroatoms. The van der Waals surface area contributed by atoms with Crippen molar-refractivity contribution in [1.82, 2.24) is 15.0 Å². The number of pyridine rings is 1. The van der Waals surface area contributed by atoms with E-state index in [1.165, 1.54) is 0 Å². The van der Waals surface area contributed by atoms with Crippen molar-refractivity contribution in [2.45, 2.75) is 20.0 Å². The topological polar surface area (TPSA) is 118 Å². The first-order valence-corrected chi connectivity index (χ1v) is 12.0. The van der Waals surface area contributed by atoms with E-state index in [2.05, 4.69) is 20.3 Å². The van der Waals surface area contributed by atoms with Gasteiger partial charge in [0.2, 0.25) is 5.88 Å². The highest BCUT2D eigenvalue weighted by atomic mass is 16.6. The van der Waals surface area contributed by atoms with Gasteiger partial charge in [-0.25, -0.2) is 14.8 Å². The van der Waals surface area contributed by atoms with Gasteiger partial charge >= 0.3 is 6.09 Å². The van der Waals surface area contributed by atoms with Gasteiger partial charge in [-0.05, 0) is 61.9 Å². The van der Waals surface area contributed by atoms with E-state index in [0.717, 1.165) is 22.2 Å². The lowest BCUT2D eigenvalue weighted by Crippen LogP contribution is -2.35. The molecule has 0 bridgehead atoms. The van der Waals surface area contributed by atoms with Crippen LogP contribution in [0.3, 0.4) is 0 Å². The molecule has 0 fully saturated rings. The zero-order valence-corrected chi connectivity index (χ0v) is 21.0. The SMILES string of the molecule is COc1cnc2c(-c3cc4c5c(ccc4o3)O[C@@H](COC(=O)Nc3ccnc(C)c3)CO5)cc(C)cc2n1. The first-order valence-electron chi connectivity index (χ1n) is 12.0. The lowest BCUT2D eigenvalue weighted by atomic mass is 10.1. The molecule has 0 unspecified atom stereocenters. The van der Waals surface area contributed by atoms with E-state index in [4.69, 9.17) is 23.4 Å². The fraction of sp³-hybridized carbons (Fsp3) is 0.214. The van der Waals surface area contributed by atoms with Gasteiger partial charge < -0.3 is 23.4 Å². The highest BCUT2D eigenvalue weighted by Crippen LogP contribution is 2.43. The van der Waals surface area contributed by atoms with Gasteiger partial charge in [0.15, 0.2) is 17.6 Å². The molecule has 192 valence electrons. The van der Waals surface area contributed by atoms with Gasteiger partial charge in [0.25, 0.3) is 0 Å². The van der Waals surface area contributed by atoms with Gasteiger partial charge in [-0.1, -0.05) is 0 Å². The van der Waals surface area contributed by atoms with Crippen LogP contribution in [0.2, 0.25) is 0 Å². The Balaban J connectivity index is 1.21. The molecule has 0 saturated heterocycles. The molecule has 1 aliphatic rings. The maximum atomic E-state index is 12.2. The summed E-state index contributed by atoms with van der Waals surface area (Å²) in [6.07, 6.45) is 2.17. The van der Waals surface area contributed by atoms with Crippen molar-refractivity contribution in [3.8, 4) is 28.7 Å².